The second-order valence-corrected chi connectivity index (χ2v) is 5.19. The molecule has 2 heterocycles. The van der Waals surface area contributed by atoms with Gasteiger partial charge in [-0.05, 0) is 31.4 Å². The molecule has 1 fully saturated rings. The third-order valence-electron chi connectivity index (χ3n) is 3.59. The van der Waals surface area contributed by atoms with E-state index in [4.69, 9.17) is 5.73 Å². The van der Waals surface area contributed by atoms with Crippen LogP contribution in [0.15, 0.2) is 30.9 Å². The van der Waals surface area contributed by atoms with E-state index in [1.54, 1.807) is 0 Å². The van der Waals surface area contributed by atoms with Gasteiger partial charge in [0.05, 0.1) is 18.2 Å². The number of rotatable bonds is 4. The van der Waals surface area contributed by atoms with Gasteiger partial charge in [-0.1, -0.05) is 12.8 Å². The Hall–Kier alpha value is -1.84. The van der Waals surface area contributed by atoms with Crippen LogP contribution in [0.4, 0.5) is 5.82 Å². The number of imidazole rings is 1. The van der Waals surface area contributed by atoms with Crippen molar-refractivity contribution in [1.82, 2.24) is 14.5 Å². The zero-order chi connectivity index (χ0) is 12.5. The van der Waals surface area contributed by atoms with Crippen molar-refractivity contribution in [3.05, 3.63) is 30.9 Å². The summed E-state index contributed by atoms with van der Waals surface area (Å²) in [5.74, 6) is 1.47. The van der Waals surface area contributed by atoms with Gasteiger partial charge in [0.15, 0.2) is 0 Å². The lowest BCUT2D eigenvalue weighted by Crippen LogP contribution is -2.06. The third-order valence-corrected chi connectivity index (χ3v) is 3.59. The molecule has 4 nitrogen and oxygen atoms in total. The average Bonchev–Trinajstić information content (AvgIpc) is 3.04. The van der Waals surface area contributed by atoms with E-state index >= 15 is 0 Å². The number of nitrogens with zero attached hydrogens (tertiary/aromatic N) is 3. The molecule has 1 atom stereocenters. The topological polar surface area (TPSA) is 56.7 Å². The van der Waals surface area contributed by atoms with Crippen LogP contribution in [0.5, 0.6) is 0 Å². The molecule has 0 saturated heterocycles. The third kappa shape index (κ3) is 2.23. The molecule has 2 aromatic rings. The van der Waals surface area contributed by atoms with Crippen LogP contribution in [0.1, 0.15) is 32.2 Å². The molecule has 1 aliphatic carbocycles. The smallest absolute Gasteiger partial charge is 0.123 e. The second-order valence-electron chi connectivity index (χ2n) is 5.19. The van der Waals surface area contributed by atoms with Crippen LogP contribution in [-0.2, 0) is 0 Å². The summed E-state index contributed by atoms with van der Waals surface area (Å²) in [6.45, 7) is 2.26. The summed E-state index contributed by atoms with van der Waals surface area (Å²) in [4.78, 5) is 8.42. The monoisotopic (exact) mass is 242 g/mol. The van der Waals surface area contributed by atoms with Gasteiger partial charge in [-0.15, -0.1) is 0 Å². The van der Waals surface area contributed by atoms with Gasteiger partial charge in [0.2, 0.25) is 0 Å². The van der Waals surface area contributed by atoms with Crippen molar-refractivity contribution in [3.63, 3.8) is 0 Å². The Morgan fingerprint density at radius 2 is 2.22 bits per heavy atom. The molecule has 1 saturated carbocycles. The molecular weight excluding hydrogens is 224 g/mol. The van der Waals surface area contributed by atoms with Crippen LogP contribution in [0.25, 0.3) is 11.3 Å². The molecule has 94 valence electrons. The maximum Gasteiger partial charge on any atom is 0.123 e. The van der Waals surface area contributed by atoms with Gasteiger partial charge in [0.25, 0.3) is 0 Å². The van der Waals surface area contributed by atoms with Crippen molar-refractivity contribution in [2.75, 3.05) is 5.73 Å². The van der Waals surface area contributed by atoms with Crippen molar-refractivity contribution >= 4 is 5.82 Å². The number of pyridine rings is 1. The highest BCUT2D eigenvalue weighted by Gasteiger charge is 2.25. The molecule has 3 rings (SSSR count). The Morgan fingerprint density at radius 1 is 1.39 bits per heavy atom. The first-order valence-electron chi connectivity index (χ1n) is 6.48. The van der Waals surface area contributed by atoms with Gasteiger partial charge < -0.3 is 10.3 Å². The van der Waals surface area contributed by atoms with Crippen molar-refractivity contribution in [2.45, 2.75) is 32.2 Å². The summed E-state index contributed by atoms with van der Waals surface area (Å²) in [5, 5.41) is 0. The van der Waals surface area contributed by atoms with Gasteiger partial charge >= 0.3 is 0 Å². The van der Waals surface area contributed by atoms with E-state index in [9.17, 15) is 0 Å². The summed E-state index contributed by atoms with van der Waals surface area (Å²) < 4.78 is 2.24. The van der Waals surface area contributed by atoms with E-state index < -0.39 is 0 Å². The van der Waals surface area contributed by atoms with Crippen LogP contribution in [0, 0.1) is 5.92 Å². The maximum absolute atomic E-state index is 5.62. The van der Waals surface area contributed by atoms with E-state index in [2.05, 4.69) is 21.5 Å². The van der Waals surface area contributed by atoms with Crippen molar-refractivity contribution in [1.29, 1.82) is 0 Å². The Balaban J connectivity index is 1.87. The van der Waals surface area contributed by atoms with Crippen molar-refractivity contribution in [2.24, 2.45) is 5.92 Å². The van der Waals surface area contributed by atoms with Gasteiger partial charge in [-0.2, -0.15) is 0 Å². The Kier molecular flexibility index (Phi) is 2.78. The van der Waals surface area contributed by atoms with Gasteiger partial charge in [0, 0.05) is 17.8 Å². The number of nitrogens with two attached hydrogens (primary N) is 1. The molecule has 0 aliphatic heterocycles. The number of nitrogen functional groups attached to an aromatic ring is 1. The average molecular weight is 242 g/mol. The lowest BCUT2D eigenvalue weighted by molar-refractivity contribution is 0.480. The first kappa shape index (κ1) is 11.3. The van der Waals surface area contributed by atoms with Crippen LogP contribution < -0.4 is 5.73 Å². The number of hydrogen-bond donors (Lipinski definition) is 1. The van der Waals surface area contributed by atoms with Crippen molar-refractivity contribution in [3.8, 4) is 11.3 Å². The molecule has 18 heavy (non-hydrogen) atoms. The quantitative estimate of drug-likeness (QED) is 0.896. The molecule has 1 unspecified atom stereocenters. The van der Waals surface area contributed by atoms with Crippen LogP contribution in [-0.4, -0.2) is 14.5 Å². The lowest BCUT2D eigenvalue weighted by Gasteiger charge is -2.16. The fourth-order valence-corrected chi connectivity index (χ4v) is 2.39. The minimum absolute atomic E-state index is 0.493. The minimum Gasteiger partial charge on any atom is -0.384 e. The first-order chi connectivity index (χ1) is 8.74. The fraction of sp³-hybridized carbons (Fsp3) is 0.429. The number of anilines is 1. The normalized spacial score (nSPS) is 16.7. The first-order valence-corrected chi connectivity index (χ1v) is 6.48. The SMILES string of the molecule is CC(CC1CC1)n1cncc1-c1ccc(N)nc1. The molecule has 4 heteroatoms. The molecule has 0 amide bonds. The summed E-state index contributed by atoms with van der Waals surface area (Å²) in [7, 11) is 0. The van der Waals surface area contributed by atoms with E-state index in [0.717, 1.165) is 17.2 Å². The Bertz CT molecular complexity index is 525. The summed E-state index contributed by atoms with van der Waals surface area (Å²) in [5.41, 5.74) is 7.81. The molecule has 2 N–H and O–H groups in total. The predicted molar refractivity (Wildman–Crippen MR) is 71.9 cm³/mol. The zero-order valence-electron chi connectivity index (χ0n) is 10.6. The summed E-state index contributed by atoms with van der Waals surface area (Å²) >= 11 is 0. The molecule has 0 bridgehead atoms. The molecule has 0 spiro atoms. The van der Waals surface area contributed by atoms with Gasteiger partial charge in [0.1, 0.15) is 5.82 Å². The second kappa shape index (κ2) is 4.44. The Labute approximate surface area is 107 Å². The van der Waals surface area contributed by atoms with Crippen molar-refractivity contribution < 1.29 is 0 Å². The van der Waals surface area contributed by atoms with E-state index in [-0.39, 0.29) is 0 Å². The molecule has 1 aliphatic rings. The highest BCUT2D eigenvalue weighted by atomic mass is 15.1. The maximum atomic E-state index is 5.62. The molecule has 2 aromatic heterocycles. The van der Waals surface area contributed by atoms with Crippen LogP contribution in [0.2, 0.25) is 0 Å². The minimum atomic E-state index is 0.493. The number of hydrogen-bond acceptors (Lipinski definition) is 3. The standard InChI is InChI=1S/C14H18N4/c1-10(6-11-2-3-11)18-9-16-8-13(18)12-4-5-14(15)17-7-12/h4-5,7-11H,2-3,6H2,1H3,(H2,15,17). The van der Waals surface area contributed by atoms with Gasteiger partial charge in [-0.25, -0.2) is 9.97 Å². The predicted octanol–water partition coefficient (Wildman–Crippen LogP) is 2.89. The number of aromatic nitrogens is 3. The zero-order valence-corrected chi connectivity index (χ0v) is 10.6. The van der Waals surface area contributed by atoms with E-state index in [0.29, 0.717) is 11.9 Å². The van der Waals surface area contributed by atoms with Gasteiger partial charge in [-0.3, -0.25) is 0 Å². The summed E-state index contributed by atoms with van der Waals surface area (Å²) in [6, 6.07) is 4.32. The molecular formula is C14H18N4. The highest BCUT2D eigenvalue weighted by Crippen LogP contribution is 2.37. The fourth-order valence-electron chi connectivity index (χ4n) is 2.39. The van der Waals surface area contributed by atoms with E-state index in [1.807, 2.05) is 30.9 Å². The highest BCUT2D eigenvalue weighted by molar-refractivity contribution is 5.59. The Morgan fingerprint density at radius 3 is 2.89 bits per heavy atom. The summed E-state index contributed by atoms with van der Waals surface area (Å²) in [6.07, 6.45) is 9.64. The largest absolute Gasteiger partial charge is 0.384 e. The lowest BCUT2D eigenvalue weighted by atomic mass is 10.1. The van der Waals surface area contributed by atoms with E-state index in [1.165, 1.54) is 19.3 Å². The van der Waals surface area contributed by atoms with Crippen LogP contribution in [0.3, 0.4) is 0 Å². The van der Waals surface area contributed by atoms with Crippen LogP contribution >= 0.6 is 0 Å². The molecule has 0 aromatic carbocycles. The molecule has 0 radical (unpaired) electrons.